The third kappa shape index (κ3) is 5.20. The summed E-state index contributed by atoms with van der Waals surface area (Å²) in [6.07, 6.45) is 1.59. The van der Waals surface area contributed by atoms with Crippen LogP contribution in [0.25, 0.3) is 28.7 Å². The lowest BCUT2D eigenvalue weighted by molar-refractivity contribution is -0.111. The van der Waals surface area contributed by atoms with Crippen LogP contribution in [0.1, 0.15) is 5.76 Å². The third-order valence-corrected chi connectivity index (χ3v) is 7.21. The first-order valence-electron chi connectivity index (χ1n) is 11.3. The van der Waals surface area contributed by atoms with E-state index in [1.165, 1.54) is 4.57 Å². The molecule has 0 atom stereocenters. The van der Waals surface area contributed by atoms with E-state index in [2.05, 4.69) is 5.32 Å². The molecule has 0 spiro atoms. The molecule has 0 unspecified atom stereocenters. The number of aromatic nitrogens is 1. The molecule has 0 aliphatic heterocycles. The van der Waals surface area contributed by atoms with Crippen molar-refractivity contribution in [2.45, 2.75) is 0 Å². The molecule has 0 bridgehead atoms. The van der Waals surface area contributed by atoms with Crippen molar-refractivity contribution in [3.8, 4) is 23.1 Å². The van der Waals surface area contributed by atoms with E-state index in [1.807, 2.05) is 30.3 Å². The number of amides is 1. The van der Waals surface area contributed by atoms with Crippen molar-refractivity contribution in [1.29, 1.82) is 5.26 Å². The number of nitrogens with zero attached hydrogens (tertiary/aromatic N) is 2. The molecule has 0 aliphatic carbocycles. The van der Waals surface area contributed by atoms with Crippen molar-refractivity contribution in [2.24, 2.45) is 0 Å². The fourth-order valence-corrected chi connectivity index (χ4v) is 5.19. The zero-order valence-electron chi connectivity index (χ0n) is 19.5. The maximum atomic E-state index is 13.6. The van der Waals surface area contributed by atoms with Crippen molar-refractivity contribution in [3.63, 3.8) is 0 Å². The average molecular weight is 558 g/mol. The van der Waals surface area contributed by atoms with Crippen LogP contribution in [0.15, 0.2) is 100 Å². The Morgan fingerprint density at radius 3 is 2.37 bits per heavy atom. The predicted molar refractivity (Wildman–Crippen MR) is 151 cm³/mol. The van der Waals surface area contributed by atoms with E-state index in [-0.39, 0.29) is 20.3 Å². The van der Waals surface area contributed by atoms with Gasteiger partial charge in [-0.05, 0) is 60.7 Å². The molecule has 2 aromatic heterocycles. The highest BCUT2D eigenvalue weighted by Crippen LogP contribution is 2.29. The second-order valence-electron chi connectivity index (χ2n) is 8.02. The molecule has 0 radical (unpaired) electrons. The number of nitrogens with one attached hydrogen (secondary N) is 1. The molecule has 5 rings (SSSR count). The second-order valence-corrected chi connectivity index (χ2v) is 9.90. The third-order valence-electron chi connectivity index (χ3n) is 5.53. The summed E-state index contributed by atoms with van der Waals surface area (Å²) in [4.78, 5) is 26.7. The highest BCUT2D eigenvalue weighted by atomic mass is 35.5. The lowest BCUT2D eigenvalue weighted by atomic mass is 10.2. The van der Waals surface area contributed by atoms with Gasteiger partial charge in [0.1, 0.15) is 22.3 Å². The fraction of sp³-hybridized carbons (Fsp3) is 0. The first-order chi connectivity index (χ1) is 18.4. The first kappa shape index (κ1) is 25.3. The molecular formula is C29H17Cl2N3O3S. The van der Waals surface area contributed by atoms with Gasteiger partial charge in [-0.1, -0.05) is 53.5 Å². The van der Waals surface area contributed by atoms with Gasteiger partial charge in [0.25, 0.3) is 11.5 Å². The molecule has 3 aromatic carbocycles. The van der Waals surface area contributed by atoms with Gasteiger partial charge in [-0.15, -0.1) is 11.3 Å². The van der Waals surface area contributed by atoms with Crippen molar-refractivity contribution in [1.82, 2.24) is 4.57 Å². The normalized spacial score (nSPS) is 12.2. The number of para-hydroxylation sites is 1. The smallest absolute Gasteiger partial charge is 0.273 e. The molecule has 38 heavy (non-hydrogen) atoms. The van der Waals surface area contributed by atoms with E-state index < -0.39 is 5.91 Å². The minimum absolute atomic E-state index is 0.194. The van der Waals surface area contributed by atoms with Crippen molar-refractivity contribution < 1.29 is 9.21 Å². The van der Waals surface area contributed by atoms with Gasteiger partial charge >= 0.3 is 0 Å². The van der Waals surface area contributed by atoms with E-state index in [0.29, 0.717) is 32.9 Å². The summed E-state index contributed by atoms with van der Waals surface area (Å²) in [6.45, 7) is 0. The summed E-state index contributed by atoms with van der Waals surface area (Å²) in [6, 6.07) is 28.1. The summed E-state index contributed by atoms with van der Waals surface area (Å²) in [5.74, 6) is 0.328. The molecule has 0 saturated carbocycles. The number of carbonyl (C=O) groups excluding carboxylic acids is 1. The molecule has 186 valence electrons. The quantitative estimate of drug-likeness (QED) is 0.304. The minimum Gasteiger partial charge on any atom is -0.457 e. The number of rotatable bonds is 5. The van der Waals surface area contributed by atoms with Gasteiger partial charge in [0.2, 0.25) is 0 Å². The number of anilines is 1. The number of hydrogen-bond donors (Lipinski definition) is 1. The van der Waals surface area contributed by atoms with Gasteiger partial charge in [-0.25, -0.2) is 0 Å². The molecule has 1 N–H and O–H groups in total. The van der Waals surface area contributed by atoms with Crippen molar-refractivity contribution in [3.05, 3.63) is 126 Å². The average Bonchev–Trinajstić information content (AvgIpc) is 3.51. The lowest BCUT2D eigenvalue weighted by Gasteiger charge is -2.06. The standard InChI is InChI=1S/C29H17Cl2N3O3S/c30-18-10-12-19(13-11-18)33-27(35)23(17-32)29-34(20-6-2-1-3-7-20)28(36)26(38-29)16-21-14-15-25(37-21)22-8-4-5-9-24(22)31/h1-16H,(H,33,35). The van der Waals surface area contributed by atoms with E-state index in [1.54, 1.807) is 72.8 Å². The molecule has 5 aromatic rings. The molecular weight excluding hydrogens is 541 g/mol. The van der Waals surface area contributed by atoms with Crippen LogP contribution in [0.4, 0.5) is 5.69 Å². The first-order valence-corrected chi connectivity index (χ1v) is 12.9. The Bertz CT molecular complexity index is 1870. The summed E-state index contributed by atoms with van der Waals surface area (Å²) in [5.41, 5.74) is 1.11. The van der Waals surface area contributed by atoms with Crippen LogP contribution in [-0.4, -0.2) is 10.5 Å². The second kappa shape index (κ2) is 11.0. The van der Waals surface area contributed by atoms with Crippen LogP contribution in [0, 0.1) is 11.3 Å². The Labute approximate surface area is 230 Å². The Hall–Kier alpha value is -4.35. The van der Waals surface area contributed by atoms with Gasteiger partial charge in [0, 0.05) is 22.3 Å². The Morgan fingerprint density at radius 2 is 1.66 bits per heavy atom. The van der Waals surface area contributed by atoms with Crippen LogP contribution in [0.3, 0.4) is 0 Å². The summed E-state index contributed by atoms with van der Waals surface area (Å²) in [7, 11) is 0. The fourth-order valence-electron chi connectivity index (χ4n) is 3.75. The zero-order valence-corrected chi connectivity index (χ0v) is 21.8. The lowest BCUT2D eigenvalue weighted by Crippen LogP contribution is -2.32. The number of benzene rings is 3. The van der Waals surface area contributed by atoms with Crippen LogP contribution in [0.2, 0.25) is 10.0 Å². The van der Waals surface area contributed by atoms with Crippen LogP contribution in [0.5, 0.6) is 0 Å². The molecule has 1 amide bonds. The summed E-state index contributed by atoms with van der Waals surface area (Å²) in [5, 5.41) is 13.7. The van der Waals surface area contributed by atoms with Crippen LogP contribution >= 0.6 is 34.5 Å². The van der Waals surface area contributed by atoms with E-state index in [9.17, 15) is 14.9 Å². The maximum Gasteiger partial charge on any atom is 0.273 e. The molecule has 0 saturated heterocycles. The van der Waals surface area contributed by atoms with E-state index in [4.69, 9.17) is 27.6 Å². The maximum absolute atomic E-state index is 13.6. The number of carbonyl (C=O) groups is 1. The van der Waals surface area contributed by atoms with Crippen LogP contribution in [-0.2, 0) is 4.79 Å². The monoisotopic (exact) mass is 557 g/mol. The number of thiazole rings is 1. The predicted octanol–water partition coefficient (Wildman–Crippen LogP) is 5.61. The van der Waals surface area contributed by atoms with Crippen molar-refractivity contribution >= 4 is 57.8 Å². The Morgan fingerprint density at radius 1 is 0.947 bits per heavy atom. The van der Waals surface area contributed by atoms with Gasteiger partial charge in [0.15, 0.2) is 5.57 Å². The number of nitriles is 1. The zero-order chi connectivity index (χ0) is 26.6. The summed E-state index contributed by atoms with van der Waals surface area (Å²) < 4.78 is 7.78. The topological polar surface area (TPSA) is 88.0 Å². The summed E-state index contributed by atoms with van der Waals surface area (Å²) >= 11 is 13.2. The highest BCUT2D eigenvalue weighted by molar-refractivity contribution is 7.07. The molecule has 9 heteroatoms. The minimum atomic E-state index is -0.647. The molecule has 6 nitrogen and oxygen atoms in total. The van der Waals surface area contributed by atoms with Gasteiger partial charge < -0.3 is 9.73 Å². The van der Waals surface area contributed by atoms with Crippen molar-refractivity contribution in [2.75, 3.05) is 5.32 Å². The largest absolute Gasteiger partial charge is 0.457 e. The van der Waals surface area contributed by atoms with E-state index >= 15 is 0 Å². The number of hydrogen-bond acceptors (Lipinski definition) is 5. The highest BCUT2D eigenvalue weighted by Gasteiger charge is 2.18. The van der Waals surface area contributed by atoms with Gasteiger partial charge in [-0.3, -0.25) is 14.2 Å². The van der Waals surface area contributed by atoms with Gasteiger partial charge in [0.05, 0.1) is 15.2 Å². The molecule has 0 aliphatic rings. The molecule has 2 heterocycles. The molecule has 0 fully saturated rings. The van der Waals surface area contributed by atoms with Crippen LogP contribution < -0.4 is 20.1 Å². The van der Waals surface area contributed by atoms with Gasteiger partial charge in [-0.2, -0.15) is 5.26 Å². The number of furan rings is 1. The SMILES string of the molecule is N#CC(C(=O)Nc1ccc(Cl)cc1)=c1sc(=Cc2ccc(-c3ccccc3Cl)o2)c(=O)n1-c1ccccc1. The number of halogens is 2. The Kier molecular flexibility index (Phi) is 7.29. The van der Waals surface area contributed by atoms with E-state index in [0.717, 1.165) is 16.9 Å². The Balaban J connectivity index is 1.66.